The van der Waals surface area contributed by atoms with E-state index in [-0.39, 0.29) is 18.0 Å². The number of hydrogen-bond donors (Lipinski definition) is 1. The highest BCUT2D eigenvalue weighted by atomic mass is 79.9. The van der Waals surface area contributed by atoms with Gasteiger partial charge in [-0.15, -0.1) is 10.2 Å². The number of aryl methyl sites for hydroxylation is 1. The first-order chi connectivity index (χ1) is 9.04. The van der Waals surface area contributed by atoms with Crippen LogP contribution in [0.25, 0.3) is 10.9 Å². The molecule has 1 N–H and O–H groups in total. The minimum Gasteiger partial charge on any atom is -0.493 e. The van der Waals surface area contributed by atoms with Gasteiger partial charge in [0.1, 0.15) is 6.42 Å². The molecule has 1 heterocycles. The Labute approximate surface area is 117 Å². The number of azo groups is 1. The highest BCUT2D eigenvalue weighted by Gasteiger charge is 2.14. The lowest BCUT2D eigenvalue weighted by atomic mass is 10.2. The maximum Gasteiger partial charge on any atom is 0.278 e. The number of hydrogen-bond acceptors (Lipinski definition) is 4. The van der Waals surface area contributed by atoms with Gasteiger partial charge in [0.05, 0.1) is 11.6 Å². The van der Waals surface area contributed by atoms with Gasteiger partial charge >= 0.3 is 0 Å². The van der Waals surface area contributed by atoms with Crippen molar-refractivity contribution in [2.75, 3.05) is 0 Å². The number of fused-ring (bicyclic) bond motifs is 1. The number of rotatable bonds is 2. The van der Waals surface area contributed by atoms with E-state index in [0.717, 1.165) is 9.99 Å². The zero-order valence-electron chi connectivity index (χ0n) is 9.96. The molecule has 0 spiro atoms. The molecule has 0 fully saturated rings. The maximum atomic E-state index is 11.2. The largest absolute Gasteiger partial charge is 0.493 e. The van der Waals surface area contributed by atoms with Gasteiger partial charge in [0.2, 0.25) is 5.88 Å². The van der Waals surface area contributed by atoms with Gasteiger partial charge in [-0.05, 0) is 18.2 Å². The van der Waals surface area contributed by atoms with Gasteiger partial charge in [0, 0.05) is 16.9 Å². The quantitative estimate of drug-likeness (QED) is 0.861. The molecule has 0 aliphatic carbocycles. The molecule has 96 valence electrons. The molecule has 0 bridgehead atoms. The predicted molar refractivity (Wildman–Crippen MR) is 72.0 cm³/mol. The third kappa shape index (κ3) is 2.48. The summed E-state index contributed by atoms with van der Waals surface area (Å²) in [4.78, 5) is 11.2. The van der Waals surface area contributed by atoms with Gasteiger partial charge in [-0.25, -0.2) is 0 Å². The average Bonchev–Trinajstić information content (AvgIpc) is 2.60. The fraction of sp³-hybridized carbons (Fsp3) is 0.167. The summed E-state index contributed by atoms with van der Waals surface area (Å²) in [6, 6.07) is 7.12. The molecule has 1 aromatic carbocycles. The molecule has 2 aromatic rings. The van der Waals surface area contributed by atoms with Gasteiger partial charge in [0.25, 0.3) is 5.91 Å². The van der Waals surface area contributed by atoms with Gasteiger partial charge in [-0.2, -0.15) is 5.26 Å². The number of halogens is 1. The Morgan fingerprint density at radius 1 is 1.58 bits per heavy atom. The van der Waals surface area contributed by atoms with Crippen LogP contribution >= 0.6 is 15.9 Å². The zero-order valence-corrected chi connectivity index (χ0v) is 11.5. The summed E-state index contributed by atoms with van der Waals surface area (Å²) in [6.07, 6.45) is -0.335. The molecule has 1 aromatic heterocycles. The van der Waals surface area contributed by atoms with Gasteiger partial charge in [0.15, 0.2) is 5.69 Å². The van der Waals surface area contributed by atoms with Crippen molar-refractivity contribution >= 4 is 38.4 Å². The number of aromatic nitrogens is 1. The predicted octanol–water partition coefficient (Wildman–Crippen LogP) is 3.17. The van der Waals surface area contributed by atoms with Crippen molar-refractivity contribution in [2.45, 2.75) is 6.42 Å². The molecule has 6 nitrogen and oxygen atoms in total. The Hall–Kier alpha value is -2.20. The van der Waals surface area contributed by atoms with Crippen LogP contribution in [0.3, 0.4) is 0 Å². The van der Waals surface area contributed by atoms with Crippen molar-refractivity contribution in [1.82, 2.24) is 4.57 Å². The molecular weight excluding hydrogens is 312 g/mol. The SMILES string of the molecule is Cn1c(O)c(N=NC(=O)CC#N)c2cc(Br)ccc21. The topological polar surface area (TPSA) is 90.7 Å². The second kappa shape index (κ2) is 5.20. The van der Waals surface area contributed by atoms with E-state index in [0.29, 0.717) is 5.39 Å². The molecule has 0 saturated carbocycles. The van der Waals surface area contributed by atoms with Gasteiger partial charge < -0.3 is 9.67 Å². The Bertz CT molecular complexity index is 727. The summed E-state index contributed by atoms with van der Waals surface area (Å²) in [5, 5.41) is 26.2. The zero-order chi connectivity index (χ0) is 14.0. The third-order valence-electron chi connectivity index (χ3n) is 2.60. The van der Waals surface area contributed by atoms with E-state index in [2.05, 4.69) is 26.2 Å². The van der Waals surface area contributed by atoms with E-state index >= 15 is 0 Å². The molecule has 0 atom stereocenters. The number of nitriles is 1. The lowest BCUT2D eigenvalue weighted by Crippen LogP contribution is -1.87. The Balaban J connectivity index is 2.54. The van der Waals surface area contributed by atoms with Crippen LogP contribution in [0.2, 0.25) is 0 Å². The normalized spacial score (nSPS) is 11.0. The van der Waals surface area contributed by atoms with Crippen LogP contribution in [0, 0.1) is 11.3 Å². The summed E-state index contributed by atoms with van der Waals surface area (Å²) < 4.78 is 2.37. The number of carbonyl (C=O) groups excluding carboxylic acids is 1. The van der Waals surface area contributed by atoms with E-state index in [1.54, 1.807) is 23.8 Å². The van der Waals surface area contributed by atoms with E-state index in [9.17, 15) is 9.90 Å². The van der Waals surface area contributed by atoms with Gasteiger partial charge in [-0.3, -0.25) is 4.79 Å². The molecule has 0 aliphatic rings. The molecule has 19 heavy (non-hydrogen) atoms. The first kappa shape index (κ1) is 13.2. The van der Waals surface area contributed by atoms with E-state index in [1.165, 1.54) is 0 Å². The van der Waals surface area contributed by atoms with Crippen LogP contribution in [0.1, 0.15) is 6.42 Å². The van der Waals surface area contributed by atoms with Crippen LogP contribution in [-0.2, 0) is 11.8 Å². The first-order valence-corrected chi connectivity index (χ1v) is 6.12. The molecule has 0 radical (unpaired) electrons. The molecular formula is C12H9BrN4O2. The van der Waals surface area contributed by atoms with E-state index in [4.69, 9.17) is 5.26 Å². The number of amides is 1. The Morgan fingerprint density at radius 2 is 2.32 bits per heavy atom. The van der Waals surface area contributed by atoms with E-state index < -0.39 is 5.91 Å². The Morgan fingerprint density at radius 3 is 3.00 bits per heavy atom. The summed E-state index contributed by atoms with van der Waals surface area (Å²) in [5.41, 5.74) is 0.979. The highest BCUT2D eigenvalue weighted by Crippen LogP contribution is 2.39. The molecule has 2 rings (SSSR count). The maximum absolute atomic E-state index is 11.2. The van der Waals surface area contributed by atoms with Crippen molar-refractivity contribution in [1.29, 1.82) is 5.26 Å². The summed E-state index contributed by atoms with van der Waals surface area (Å²) >= 11 is 3.33. The average molecular weight is 321 g/mol. The summed E-state index contributed by atoms with van der Waals surface area (Å²) in [6.45, 7) is 0. The smallest absolute Gasteiger partial charge is 0.278 e. The standard InChI is InChI=1S/C12H9BrN4O2/c1-17-9-3-2-7(13)6-8(9)11(12(17)19)16-15-10(18)4-5-14/h2-3,6,19H,4H2,1H3. The molecule has 0 saturated heterocycles. The van der Waals surface area contributed by atoms with Crippen molar-refractivity contribution in [2.24, 2.45) is 17.3 Å². The fourth-order valence-electron chi connectivity index (χ4n) is 1.69. The molecule has 0 unspecified atom stereocenters. The van der Waals surface area contributed by atoms with Crippen LogP contribution < -0.4 is 0 Å². The summed E-state index contributed by atoms with van der Waals surface area (Å²) in [7, 11) is 1.68. The number of carbonyl (C=O) groups is 1. The monoisotopic (exact) mass is 320 g/mol. The van der Waals surface area contributed by atoms with E-state index in [1.807, 2.05) is 12.1 Å². The minimum absolute atomic E-state index is 0.0818. The lowest BCUT2D eigenvalue weighted by molar-refractivity contribution is -0.117. The second-order valence-electron chi connectivity index (χ2n) is 3.82. The number of benzene rings is 1. The summed E-state index contributed by atoms with van der Waals surface area (Å²) in [5.74, 6) is -0.726. The van der Waals surface area contributed by atoms with Crippen molar-refractivity contribution in [3.05, 3.63) is 22.7 Å². The van der Waals surface area contributed by atoms with Crippen LogP contribution in [0.15, 0.2) is 32.9 Å². The minimum atomic E-state index is -0.645. The van der Waals surface area contributed by atoms with Crippen molar-refractivity contribution < 1.29 is 9.90 Å². The first-order valence-electron chi connectivity index (χ1n) is 5.33. The third-order valence-corrected chi connectivity index (χ3v) is 3.09. The van der Waals surface area contributed by atoms with Crippen molar-refractivity contribution in [3.8, 4) is 11.9 Å². The van der Waals surface area contributed by atoms with Gasteiger partial charge in [-0.1, -0.05) is 15.9 Å². The van der Waals surface area contributed by atoms with Crippen LogP contribution in [0.4, 0.5) is 5.69 Å². The van der Waals surface area contributed by atoms with Crippen LogP contribution in [0.5, 0.6) is 5.88 Å². The second-order valence-corrected chi connectivity index (χ2v) is 4.74. The number of aromatic hydroxyl groups is 1. The number of nitrogens with zero attached hydrogens (tertiary/aromatic N) is 4. The molecule has 0 aliphatic heterocycles. The molecule has 1 amide bonds. The molecule has 7 heteroatoms. The fourth-order valence-corrected chi connectivity index (χ4v) is 2.05. The van der Waals surface area contributed by atoms with Crippen LogP contribution in [-0.4, -0.2) is 15.6 Å². The Kier molecular flexibility index (Phi) is 3.62. The van der Waals surface area contributed by atoms with Crippen molar-refractivity contribution in [3.63, 3.8) is 0 Å². The highest BCUT2D eigenvalue weighted by molar-refractivity contribution is 9.10. The lowest BCUT2D eigenvalue weighted by Gasteiger charge is -1.95.